The first-order valence-electron chi connectivity index (χ1n) is 11.4. The number of pyridine rings is 1. The summed E-state index contributed by atoms with van der Waals surface area (Å²) in [5.74, 6) is -0.838. The molecular weight excluding hydrogens is 594 g/mol. The zero-order valence-corrected chi connectivity index (χ0v) is 22.7. The van der Waals surface area contributed by atoms with E-state index in [4.69, 9.17) is 0 Å². The van der Waals surface area contributed by atoms with Gasteiger partial charge in [-0.1, -0.05) is 6.07 Å². The maximum Gasteiger partial charge on any atom is 0.256 e. The van der Waals surface area contributed by atoms with Crippen LogP contribution in [0.15, 0.2) is 42.2 Å². The molecule has 1 aromatic carbocycles. The minimum atomic E-state index is -0.611. The van der Waals surface area contributed by atoms with Crippen LogP contribution in [0, 0.1) is 22.2 Å². The summed E-state index contributed by atoms with van der Waals surface area (Å²) < 4.78 is 18.3. The van der Waals surface area contributed by atoms with E-state index in [1.165, 1.54) is 11.2 Å². The highest BCUT2D eigenvalue weighted by atomic mass is 127. The topological polar surface area (TPSA) is 92.2 Å². The molecule has 2 amide bonds. The molecule has 0 radical (unpaired) electrons. The molecule has 8 nitrogen and oxygen atoms in total. The third-order valence-electron chi connectivity index (χ3n) is 6.27. The maximum atomic E-state index is 15.6. The van der Waals surface area contributed by atoms with Crippen molar-refractivity contribution in [3.63, 3.8) is 0 Å². The van der Waals surface area contributed by atoms with E-state index >= 15 is 4.39 Å². The number of nitrogens with one attached hydrogen (secondary N) is 2. The summed E-state index contributed by atoms with van der Waals surface area (Å²) in [6.07, 6.45) is 3.97. The first-order valence-corrected chi connectivity index (χ1v) is 13.4. The number of carbonyl (C=O) groups is 2. The molecule has 4 aromatic rings. The number of nitrogens with zero attached hydrogens (tertiary/aromatic N) is 4. The van der Waals surface area contributed by atoms with Gasteiger partial charge in [0.1, 0.15) is 11.3 Å². The molecule has 36 heavy (non-hydrogen) atoms. The number of aryl methyl sites for hydroxylation is 2. The number of amides is 2. The normalized spacial score (nSPS) is 13.6. The number of fused-ring (bicyclic) bond motifs is 1. The van der Waals surface area contributed by atoms with Gasteiger partial charge < -0.3 is 20.1 Å². The molecule has 186 valence electrons. The van der Waals surface area contributed by atoms with Crippen LogP contribution >= 0.6 is 33.9 Å². The highest BCUT2D eigenvalue weighted by Gasteiger charge is 2.37. The standard InChI is InChI=1S/C25H24FIN6O2S/c1-14-8-16(27)10-29-23(14)31-21-18(9-19-22(20(21)26)30-13-32(19)2)25(35)33-11-15(12-33)24(34)28-6-5-17-4-3-7-36-17/h3-4,7-10,13,15H,5-6,11-12H2,1-2H3,(H,28,34)(H,29,31). The van der Waals surface area contributed by atoms with Gasteiger partial charge in [0.2, 0.25) is 5.91 Å². The Bertz CT molecular complexity index is 1450. The van der Waals surface area contributed by atoms with Crippen LogP contribution in [-0.4, -0.2) is 50.9 Å². The fraction of sp³-hybridized carbons (Fsp3) is 0.280. The lowest BCUT2D eigenvalue weighted by molar-refractivity contribution is -0.128. The molecule has 1 aliphatic heterocycles. The lowest BCUT2D eigenvalue weighted by Gasteiger charge is -2.38. The van der Waals surface area contributed by atoms with E-state index in [2.05, 4.69) is 43.2 Å². The van der Waals surface area contributed by atoms with Crippen molar-refractivity contribution in [3.8, 4) is 0 Å². The van der Waals surface area contributed by atoms with E-state index in [0.717, 1.165) is 15.6 Å². The van der Waals surface area contributed by atoms with Crippen molar-refractivity contribution in [3.05, 3.63) is 67.6 Å². The van der Waals surface area contributed by atoms with E-state index < -0.39 is 5.82 Å². The summed E-state index contributed by atoms with van der Waals surface area (Å²) in [6, 6.07) is 7.60. The van der Waals surface area contributed by atoms with Crippen LogP contribution in [0.2, 0.25) is 0 Å². The Balaban J connectivity index is 1.34. The Morgan fingerprint density at radius 2 is 2.08 bits per heavy atom. The monoisotopic (exact) mass is 618 g/mol. The molecule has 0 bridgehead atoms. The average molecular weight is 618 g/mol. The van der Waals surface area contributed by atoms with Gasteiger partial charge in [0.25, 0.3) is 5.91 Å². The van der Waals surface area contributed by atoms with Gasteiger partial charge in [0.05, 0.1) is 29.0 Å². The van der Waals surface area contributed by atoms with Crippen molar-refractivity contribution in [1.29, 1.82) is 0 Å². The zero-order chi connectivity index (χ0) is 25.4. The molecule has 1 saturated heterocycles. The second kappa shape index (κ2) is 10.1. The predicted octanol–water partition coefficient (Wildman–Crippen LogP) is 4.26. The van der Waals surface area contributed by atoms with Gasteiger partial charge in [-0.25, -0.2) is 14.4 Å². The third kappa shape index (κ3) is 4.81. The highest BCUT2D eigenvalue weighted by Crippen LogP contribution is 2.33. The SMILES string of the molecule is Cc1cc(I)cnc1Nc1c(C(=O)N2CC(C(=O)NCCc3cccs3)C2)cc2c(ncn2C)c1F. The van der Waals surface area contributed by atoms with E-state index in [9.17, 15) is 9.59 Å². The molecule has 11 heteroatoms. The van der Waals surface area contributed by atoms with Crippen LogP contribution in [0.5, 0.6) is 0 Å². The maximum absolute atomic E-state index is 15.6. The minimum absolute atomic E-state index is 0.0341. The molecule has 5 rings (SSSR count). The van der Waals surface area contributed by atoms with E-state index in [1.54, 1.807) is 40.1 Å². The van der Waals surface area contributed by atoms with Crippen LogP contribution in [-0.2, 0) is 18.3 Å². The van der Waals surface area contributed by atoms with Crippen molar-refractivity contribution in [1.82, 2.24) is 24.8 Å². The highest BCUT2D eigenvalue weighted by molar-refractivity contribution is 14.1. The molecule has 1 fully saturated rings. The van der Waals surface area contributed by atoms with Crippen LogP contribution < -0.4 is 10.6 Å². The number of thiophene rings is 1. The lowest BCUT2D eigenvalue weighted by Crippen LogP contribution is -2.56. The molecule has 0 saturated carbocycles. The fourth-order valence-corrected chi connectivity index (χ4v) is 5.51. The third-order valence-corrected chi connectivity index (χ3v) is 7.80. The van der Waals surface area contributed by atoms with Crippen LogP contribution in [0.1, 0.15) is 20.8 Å². The zero-order valence-electron chi connectivity index (χ0n) is 19.7. The Kier molecular flexibility index (Phi) is 6.93. The summed E-state index contributed by atoms with van der Waals surface area (Å²) in [7, 11) is 1.75. The number of anilines is 2. The average Bonchev–Trinajstić information content (AvgIpc) is 3.46. The van der Waals surface area contributed by atoms with E-state index in [0.29, 0.717) is 17.9 Å². The number of aromatic nitrogens is 3. The van der Waals surface area contributed by atoms with Gasteiger partial charge in [-0.2, -0.15) is 0 Å². The van der Waals surface area contributed by atoms with Crippen molar-refractivity contribution in [2.24, 2.45) is 13.0 Å². The van der Waals surface area contributed by atoms with Crippen molar-refractivity contribution < 1.29 is 14.0 Å². The van der Waals surface area contributed by atoms with Gasteiger partial charge in [0.15, 0.2) is 5.82 Å². The molecule has 2 N–H and O–H groups in total. The van der Waals surface area contributed by atoms with E-state index in [1.807, 2.05) is 30.5 Å². The van der Waals surface area contributed by atoms with Crippen molar-refractivity contribution >= 4 is 68.3 Å². The largest absolute Gasteiger partial charge is 0.355 e. The van der Waals surface area contributed by atoms with Crippen molar-refractivity contribution in [2.45, 2.75) is 13.3 Å². The quantitative estimate of drug-likeness (QED) is 0.302. The number of likely N-dealkylation sites (tertiary alicyclic amines) is 1. The molecule has 0 spiro atoms. The number of carbonyl (C=O) groups excluding carboxylic acids is 2. The minimum Gasteiger partial charge on any atom is -0.355 e. The van der Waals surface area contributed by atoms with Gasteiger partial charge in [0, 0.05) is 41.3 Å². The number of rotatable bonds is 7. The van der Waals surface area contributed by atoms with Crippen LogP contribution in [0.3, 0.4) is 0 Å². The van der Waals surface area contributed by atoms with Gasteiger partial charge in [-0.05, 0) is 65.1 Å². The van der Waals surface area contributed by atoms with Crippen molar-refractivity contribution in [2.75, 3.05) is 25.0 Å². The van der Waals surface area contributed by atoms with Crippen LogP contribution in [0.25, 0.3) is 11.0 Å². The molecule has 3 aromatic heterocycles. The Morgan fingerprint density at radius 3 is 2.81 bits per heavy atom. The van der Waals surface area contributed by atoms with Gasteiger partial charge in [-0.15, -0.1) is 11.3 Å². The number of halogens is 2. The molecule has 0 atom stereocenters. The number of imidazole rings is 1. The second-order valence-corrected chi connectivity index (χ2v) is 11.1. The first kappa shape index (κ1) is 24.6. The fourth-order valence-electron chi connectivity index (χ4n) is 4.19. The molecule has 4 heterocycles. The summed E-state index contributed by atoms with van der Waals surface area (Å²) >= 11 is 3.82. The van der Waals surface area contributed by atoms with Crippen LogP contribution in [0.4, 0.5) is 15.9 Å². The molecule has 0 aliphatic carbocycles. The number of hydrogen-bond donors (Lipinski definition) is 2. The number of hydrogen-bond acceptors (Lipinski definition) is 6. The second-order valence-electron chi connectivity index (χ2n) is 8.81. The van der Waals surface area contributed by atoms with Gasteiger partial charge >= 0.3 is 0 Å². The first-order chi connectivity index (χ1) is 17.3. The summed E-state index contributed by atoms with van der Waals surface area (Å²) in [5, 5.41) is 7.99. The van der Waals surface area contributed by atoms with E-state index in [-0.39, 0.29) is 47.6 Å². The Labute approximate surface area is 225 Å². The Morgan fingerprint density at radius 1 is 1.28 bits per heavy atom. The molecule has 0 unspecified atom stereocenters. The van der Waals surface area contributed by atoms with Gasteiger partial charge in [-0.3, -0.25) is 9.59 Å². The summed E-state index contributed by atoms with van der Waals surface area (Å²) in [5.41, 5.74) is 1.72. The Hall–Kier alpha value is -3.06. The smallest absolute Gasteiger partial charge is 0.256 e. The molecular formula is C25H24FIN6O2S. The number of benzene rings is 1. The lowest BCUT2D eigenvalue weighted by atomic mass is 9.97. The summed E-state index contributed by atoms with van der Waals surface area (Å²) in [4.78, 5) is 37.3. The summed E-state index contributed by atoms with van der Waals surface area (Å²) in [6.45, 7) is 3.00. The predicted molar refractivity (Wildman–Crippen MR) is 146 cm³/mol. The molecule has 1 aliphatic rings.